The van der Waals surface area contributed by atoms with Crippen molar-refractivity contribution in [2.45, 2.75) is 17.1 Å². The van der Waals surface area contributed by atoms with E-state index in [1.54, 1.807) is 7.11 Å². The van der Waals surface area contributed by atoms with Crippen LogP contribution in [0.1, 0.15) is 12.0 Å². The Hall–Kier alpha value is -1.77. The third-order valence-corrected chi connectivity index (χ3v) is 5.12. The fraction of sp³-hybridized carbons (Fsp3) is 0.235. The Balaban J connectivity index is 1.66. The number of anilines is 1. The van der Waals surface area contributed by atoms with Gasteiger partial charge in [-0.15, -0.1) is 0 Å². The van der Waals surface area contributed by atoms with Gasteiger partial charge in [0.15, 0.2) is 0 Å². The van der Waals surface area contributed by atoms with Gasteiger partial charge in [-0.1, -0.05) is 0 Å². The third kappa shape index (κ3) is 5.62. The molecule has 2 rings (SSSR count). The summed E-state index contributed by atoms with van der Waals surface area (Å²) in [7, 11) is 1.67. The summed E-state index contributed by atoms with van der Waals surface area (Å²) in [6, 6.07) is 17.7. The van der Waals surface area contributed by atoms with E-state index in [2.05, 4.69) is 17.4 Å². The summed E-state index contributed by atoms with van der Waals surface area (Å²) in [4.78, 5) is 11.8. The standard InChI is InChI=1S/C17H19NO2Se/c1-20-16-9-7-14(8-10-16)13-21-12-11-17(19)18-15-5-3-2-4-6-15/h2-10H,11-13H2,1H3,(H,18,19). The molecule has 0 atom stereocenters. The molecule has 110 valence electrons. The summed E-state index contributed by atoms with van der Waals surface area (Å²) in [5.74, 6) is 0.978. The molecule has 0 spiro atoms. The van der Waals surface area contributed by atoms with Crippen molar-refractivity contribution in [3.05, 3.63) is 60.2 Å². The molecule has 4 heteroatoms. The molecule has 0 saturated carbocycles. The predicted molar refractivity (Wildman–Crippen MR) is 86.9 cm³/mol. The van der Waals surface area contributed by atoms with Crippen LogP contribution in [0.3, 0.4) is 0 Å². The number of hydrogen-bond acceptors (Lipinski definition) is 2. The molecule has 0 aliphatic heterocycles. The number of carbonyl (C=O) groups excluding carboxylic acids is 1. The van der Waals surface area contributed by atoms with Gasteiger partial charge in [-0.25, -0.2) is 0 Å². The van der Waals surface area contributed by atoms with Gasteiger partial charge in [0.05, 0.1) is 0 Å². The van der Waals surface area contributed by atoms with E-state index in [0.29, 0.717) is 21.4 Å². The van der Waals surface area contributed by atoms with Gasteiger partial charge in [-0.3, -0.25) is 0 Å². The molecule has 0 aromatic heterocycles. The molecule has 0 saturated heterocycles. The summed E-state index contributed by atoms with van der Waals surface area (Å²) in [6.07, 6.45) is 0.588. The SMILES string of the molecule is COc1ccc(C[Se]CCC(=O)Nc2ccccc2)cc1. The van der Waals surface area contributed by atoms with Crippen molar-refractivity contribution in [1.82, 2.24) is 0 Å². The van der Waals surface area contributed by atoms with Crippen molar-refractivity contribution in [2.75, 3.05) is 12.4 Å². The summed E-state index contributed by atoms with van der Waals surface area (Å²) in [6.45, 7) is 0. The van der Waals surface area contributed by atoms with Crippen molar-refractivity contribution in [2.24, 2.45) is 0 Å². The Labute approximate surface area is 131 Å². The van der Waals surface area contributed by atoms with E-state index in [1.807, 2.05) is 42.5 Å². The second-order valence-electron chi connectivity index (χ2n) is 4.56. The monoisotopic (exact) mass is 349 g/mol. The molecule has 0 heterocycles. The second kappa shape index (κ2) is 8.50. The Bertz CT molecular complexity index is 555. The number of benzene rings is 2. The Morgan fingerprint density at radius 2 is 1.81 bits per heavy atom. The molecule has 0 fully saturated rings. The summed E-state index contributed by atoms with van der Waals surface area (Å²) >= 11 is 0.447. The molecule has 0 bridgehead atoms. The molecular formula is C17H19NO2Se. The maximum atomic E-state index is 11.8. The van der Waals surface area contributed by atoms with Gasteiger partial charge in [-0.05, 0) is 0 Å². The van der Waals surface area contributed by atoms with Gasteiger partial charge >= 0.3 is 131 Å². The average Bonchev–Trinajstić information content (AvgIpc) is 2.53. The van der Waals surface area contributed by atoms with E-state index in [-0.39, 0.29) is 5.91 Å². The molecule has 0 aliphatic rings. The topological polar surface area (TPSA) is 38.3 Å². The minimum absolute atomic E-state index is 0.0952. The van der Waals surface area contributed by atoms with E-state index in [9.17, 15) is 4.79 Å². The van der Waals surface area contributed by atoms with Crippen molar-refractivity contribution in [3.8, 4) is 5.75 Å². The van der Waals surface area contributed by atoms with Crippen LogP contribution in [0.2, 0.25) is 5.32 Å². The van der Waals surface area contributed by atoms with Gasteiger partial charge in [0.2, 0.25) is 0 Å². The van der Waals surface area contributed by atoms with Gasteiger partial charge in [0.25, 0.3) is 0 Å². The third-order valence-electron chi connectivity index (χ3n) is 2.96. The normalized spacial score (nSPS) is 10.1. The quantitative estimate of drug-likeness (QED) is 0.616. The van der Waals surface area contributed by atoms with Crippen LogP contribution in [0.4, 0.5) is 5.69 Å². The van der Waals surface area contributed by atoms with Crippen LogP contribution < -0.4 is 10.1 Å². The van der Waals surface area contributed by atoms with Crippen LogP contribution in [-0.4, -0.2) is 28.0 Å². The summed E-state index contributed by atoms with van der Waals surface area (Å²) < 4.78 is 5.14. The first-order chi connectivity index (χ1) is 10.3. The fourth-order valence-corrected chi connectivity index (χ4v) is 3.71. The second-order valence-corrected chi connectivity index (χ2v) is 6.88. The van der Waals surface area contributed by atoms with Crippen LogP contribution in [0.15, 0.2) is 54.6 Å². The number of para-hydroxylation sites is 1. The number of nitrogens with one attached hydrogen (secondary N) is 1. The molecule has 0 aliphatic carbocycles. The number of amides is 1. The van der Waals surface area contributed by atoms with Crippen LogP contribution in [0, 0.1) is 0 Å². The van der Waals surface area contributed by atoms with Crippen molar-refractivity contribution < 1.29 is 9.53 Å². The van der Waals surface area contributed by atoms with Crippen molar-refractivity contribution in [3.63, 3.8) is 0 Å². The molecule has 3 nitrogen and oxygen atoms in total. The molecule has 1 amide bonds. The number of rotatable bonds is 7. The van der Waals surface area contributed by atoms with Crippen LogP contribution in [0.25, 0.3) is 0 Å². The molecule has 0 radical (unpaired) electrons. The zero-order valence-electron chi connectivity index (χ0n) is 12.0. The predicted octanol–water partition coefficient (Wildman–Crippen LogP) is 3.35. The first-order valence-electron chi connectivity index (χ1n) is 6.83. The number of carbonyl (C=O) groups is 1. The number of methoxy groups -OCH3 is 1. The number of ether oxygens (including phenoxy) is 1. The van der Waals surface area contributed by atoms with Crippen molar-refractivity contribution >= 4 is 26.6 Å². The average molecular weight is 348 g/mol. The molecule has 1 N–H and O–H groups in total. The molecule has 21 heavy (non-hydrogen) atoms. The first kappa shape index (κ1) is 15.6. The van der Waals surface area contributed by atoms with Crippen LogP contribution in [-0.2, 0) is 10.1 Å². The fourth-order valence-electron chi connectivity index (χ4n) is 1.82. The first-order valence-corrected chi connectivity index (χ1v) is 9.26. The van der Waals surface area contributed by atoms with Gasteiger partial charge in [0, 0.05) is 0 Å². The van der Waals surface area contributed by atoms with E-state index >= 15 is 0 Å². The van der Waals surface area contributed by atoms with Gasteiger partial charge < -0.3 is 0 Å². The van der Waals surface area contributed by atoms with Crippen LogP contribution in [0.5, 0.6) is 5.75 Å². The van der Waals surface area contributed by atoms with E-state index in [4.69, 9.17) is 4.74 Å². The molecular weight excluding hydrogens is 329 g/mol. The summed E-state index contributed by atoms with van der Waals surface area (Å²) in [5, 5.41) is 4.92. The van der Waals surface area contributed by atoms with Crippen molar-refractivity contribution in [1.29, 1.82) is 0 Å². The van der Waals surface area contributed by atoms with E-state index in [1.165, 1.54) is 5.56 Å². The number of hydrogen-bond donors (Lipinski definition) is 1. The van der Waals surface area contributed by atoms with Gasteiger partial charge in [-0.2, -0.15) is 0 Å². The van der Waals surface area contributed by atoms with Crippen LogP contribution >= 0.6 is 0 Å². The Morgan fingerprint density at radius 1 is 1.10 bits per heavy atom. The minimum atomic E-state index is 0.0952. The molecule has 0 unspecified atom stereocenters. The Kier molecular flexibility index (Phi) is 6.32. The maximum absolute atomic E-state index is 11.8. The zero-order chi connectivity index (χ0) is 14.9. The molecule has 2 aromatic carbocycles. The van der Waals surface area contributed by atoms with E-state index < -0.39 is 0 Å². The summed E-state index contributed by atoms with van der Waals surface area (Å²) in [5.41, 5.74) is 2.17. The Morgan fingerprint density at radius 3 is 2.48 bits per heavy atom. The van der Waals surface area contributed by atoms with E-state index in [0.717, 1.165) is 22.1 Å². The zero-order valence-corrected chi connectivity index (χ0v) is 13.8. The molecule has 2 aromatic rings. The van der Waals surface area contributed by atoms with Gasteiger partial charge in [0.1, 0.15) is 0 Å².